The van der Waals surface area contributed by atoms with Crippen LogP contribution in [0, 0.1) is 0 Å². The Balaban J connectivity index is 1.64. The van der Waals surface area contributed by atoms with Gasteiger partial charge in [-0.3, -0.25) is 9.79 Å². The van der Waals surface area contributed by atoms with Crippen LogP contribution in [0.15, 0.2) is 53.5 Å². The number of benzene rings is 2. The number of anilines is 1. The van der Waals surface area contributed by atoms with Gasteiger partial charge in [-0.25, -0.2) is 0 Å². The van der Waals surface area contributed by atoms with Crippen LogP contribution in [0.4, 0.5) is 5.69 Å². The molecule has 0 spiro atoms. The molecule has 0 fully saturated rings. The number of carbonyl (C=O) groups excluding carboxylic acids is 1. The number of nitrogens with one attached hydrogen (secondary N) is 1. The highest BCUT2D eigenvalue weighted by molar-refractivity contribution is 5.97. The summed E-state index contributed by atoms with van der Waals surface area (Å²) in [5.41, 5.74) is 8.69. The van der Waals surface area contributed by atoms with Crippen molar-refractivity contribution in [1.82, 2.24) is 5.32 Å². The zero-order valence-electron chi connectivity index (χ0n) is 14.2. The van der Waals surface area contributed by atoms with Crippen LogP contribution >= 0.6 is 0 Å². The number of rotatable bonds is 5. The standard InChI is InChI=1S/C19H22N4O2/c1-21-19(23-10-9-15-6-2-3-8-17(15)23)22-12-14-5-4-7-16(11-14)25-13-18(20)24/h2-8,11H,9-10,12-13H2,1H3,(H2,20,24)(H,21,22). The molecule has 6 heteroatoms. The van der Waals surface area contributed by atoms with Gasteiger partial charge in [0, 0.05) is 25.8 Å². The summed E-state index contributed by atoms with van der Waals surface area (Å²) in [6.07, 6.45) is 1.02. The number of primary amides is 1. The van der Waals surface area contributed by atoms with Gasteiger partial charge in [0.15, 0.2) is 12.6 Å². The monoisotopic (exact) mass is 338 g/mol. The number of para-hydroxylation sites is 1. The van der Waals surface area contributed by atoms with Gasteiger partial charge in [-0.15, -0.1) is 0 Å². The Morgan fingerprint density at radius 2 is 2.12 bits per heavy atom. The van der Waals surface area contributed by atoms with Crippen LogP contribution in [0.2, 0.25) is 0 Å². The van der Waals surface area contributed by atoms with Gasteiger partial charge in [0.25, 0.3) is 5.91 Å². The van der Waals surface area contributed by atoms with E-state index < -0.39 is 5.91 Å². The van der Waals surface area contributed by atoms with Crippen LogP contribution < -0.4 is 20.7 Å². The van der Waals surface area contributed by atoms with E-state index in [0.717, 1.165) is 24.5 Å². The van der Waals surface area contributed by atoms with E-state index in [-0.39, 0.29) is 6.61 Å². The van der Waals surface area contributed by atoms with Crippen LogP contribution in [0.25, 0.3) is 0 Å². The highest BCUT2D eigenvalue weighted by atomic mass is 16.5. The first-order chi connectivity index (χ1) is 12.2. The van der Waals surface area contributed by atoms with E-state index in [1.807, 2.05) is 24.3 Å². The molecule has 0 saturated carbocycles. The van der Waals surface area contributed by atoms with Crippen LogP contribution in [0.5, 0.6) is 5.75 Å². The summed E-state index contributed by atoms with van der Waals surface area (Å²) in [7, 11) is 1.79. The van der Waals surface area contributed by atoms with Gasteiger partial charge >= 0.3 is 0 Å². The quantitative estimate of drug-likeness (QED) is 0.642. The molecule has 0 aliphatic carbocycles. The number of hydrogen-bond donors (Lipinski definition) is 2. The zero-order valence-corrected chi connectivity index (χ0v) is 14.2. The van der Waals surface area contributed by atoms with Crippen molar-refractivity contribution in [1.29, 1.82) is 0 Å². The van der Waals surface area contributed by atoms with Crippen LogP contribution in [-0.2, 0) is 17.8 Å². The van der Waals surface area contributed by atoms with Crippen molar-refractivity contribution in [3.63, 3.8) is 0 Å². The number of ether oxygens (including phenoxy) is 1. The Morgan fingerprint density at radius 3 is 2.92 bits per heavy atom. The summed E-state index contributed by atoms with van der Waals surface area (Å²) in [4.78, 5) is 17.4. The third-order valence-electron chi connectivity index (χ3n) is 4.08. The molecule has 3 rings (SSSR count). The summed E-state index contributed by atoms with van der Waals surface area (Å²) >= 11 is 0. The number of aliphatic imine (C=N–C) groups is 1. The molecule has 2 aromatic carbocycles. The van der Waals surface area contributed by atoms with Gasteiger partial charge in [0.05, 0.1) is 0 Å². The van der Waals surface area contributed by atoms with Crippen LogP contribution in [0.3, 0.4) is 0 Å². The number of nitrogens with two attached hydrogens (primary N) is 1. The molecular formula is C19H22N4O2. The number of amides is 1. The first-order valence-corrected chi connectivity index (χ1v) is 8.23. The van der Waals surface area contributed by atoms with Gasteiger partial charge in [-0.2, -0.15) is 0 Å². The van der Waals surface area contributed by atoms with E-state index in [1.54, 1.807) is 13.1 Å². The normalized spacial score (nSPS) is 13.5. The Hall–Kier alpha value is -3.02. The van der Waals surface area contributed by atoms with Crippen LogP contribution in [-0.4, -0.2) is 32.1 Å². The minimum atomic E-state index is -0.489. The minimum absolute atomic E-state index is 0.122. The van der Waals surface area contributed by atoms with Crippen molar-refractivity contribution in [2.45, 2.75) is 13.0 Å². The fourth-order valence-corrected chi connectivity index (χ4v) is 2.93. The van der Waals surface area contributed by atoms with E-state index in [1.165, 1.54) is 11.3 Å². The second kappa shape index (κ2) is 7.70. The van der Waals surface area contributed by atoms with Gasteiger partial charge in [-0.05, 0) is 35.7 Å². The number of hydrogen-bond acceptors (Lipinski definition) is 3. The third-order valence-corrected chi connectivity index (χ3v) is 4.08. The first-order valence-electron chi connectivity index (χ1n) is 8.23. The molecule has 0 atom stereocenters. The molecular weight excluding hydrogens is 316 g/mol. The summed E-state index contributed by atoms with van der Waals surface area (Å²) in [6.45, 7) is 1.41. The Kier molecular flexibility index (Phi) is 5.18. The van der Waals surface area contributed by atoms with Crippen molar-refractivity contribution in [3.05, 3.63) is 59.7 Å². The Bertz CT molecular complexity index is 788. The summed E-state index contributed by atoms with van der Waals surface area (Å²) < 4.78 is 5.34. The predicted octanol–water partition coefficient (Wildman–Crippen LogP) is 1.69. The van der Waals surface area contributed by atoms with Crippen molar-refractivity contribution in [2.75, 3.05) is 25.1 Å². The highest BCUT2D eigenvalue weighted by Gasteiger charge is 2.22. The SMILES string of the molecule is CN=C(NCc1cccc(OCC(N)=O)c1)N1CCc2ccccc21. The fourth-order valence-electron chi connectivity index (χ4n) is 2.93. The number of nitrogens with zero attached hydrogens (tertiary/aromatic N) is 2. The minimum Gasteiger partial charge on any atom is -0.484 e. The predicted molar refractivity (Wildman–Crippen MR) is 98.8 cm³/mol. The van der Waals surface area contributed by atoms with Gasteiger partial charge < -0.3 is 20.7 Å². The molecule has 0 radical (unpaired) electrons. The molecule has 0 unspecified atom stereocenters. The molecule has 0 saturated heterocycles. The summed E-state index contributed by atoms with van der Waals surface area (Å²) in [5, 5.41) is 3.39. The Morgan fingerprint density at radius 1 is 1.28 bits per heavy atom. The van der Waals surface area contributed by atoms with E-state index in [0.29, 0.717) is 12.3 Å². The molecule has 3 N–H and O–H groups in total. The third kappa shape index (κ3) is 4.09. The molecule has 0 aromatic heterocycles. The Labute approximate surface area is 147 Å². The van der Waals surface area contributed by atoms with Gasteiger partial charge in [0.2, 0.25) is 0 Å². The lowest BCUT2D eigenvalue weighted by molar-refractivity contribution is -0.119. The lowest BCUT2D eigenvalue weighted by Gasteiger charge is -2.22. The van der Waals surface area contributed by atoms with Gasteiger partial charge in [-0.1, -0.05) is 30.3 Å². The summed E-state index contributed by atoms with van der Waals surface area (Å²) in [6, 6.07) is 16.0. The zero-order chi connectivity index (χ0) is 17.6. The fraction of sp³-hybridized carbons (Fsp3) is 0.263. The number of fused-ring (bicyclic) bond motifs is 1. The average molecular weight is 338 g/mol. The van der Waals surface area contributed by atoms with E-state index in [4.69, 9.17) is 10.5 Å². The van der Waals surface area contributed by atoms with E-state index in [9.17, 15) is 4.79 Å². The first kappa shape index (κ1) is 16.8. The maximum absolute atomic E-state index is 10.8. The van der Waals surface area contributed by atoms with E-state index >= 15 is 0 Å². The molecule has 25 heavy (non-hydrogen) atoms. The molecule has 130 valence electrons. The molecule has 1 amide bonds. The molecule has 1 aliphatic heterocycles. The molecule has 6 nitrogen and oxygen atoms in total. The van der Waals surface area contributed by atoms with Crippen LogP contribution in [0.1, 0.15) is 11.1 Å². The maximum Gasteiger partial charge on any atom is 0.255 e. The molecule has 0 bridgehead atoms. The smallest absolute Gasteiger partial charge is 0.255 e. The molecule has 1 aliphatic rings. The van der Waals surface area contributed by atoms with Crippen molar-refractivity contribution < 1.29 is 9.53 Å². The molecule has 2 aromatic rings. The van der Waals surface area contributed by atoms with Crippen molar-refractivity contribution >= 4 is 17.6 Å². The molecule has 1 heterocycles. The number of guanidine groups is 1. The maximum atomic E-state index is 10.8. The van der Waals surface area contributed by atoms with Crippen molar-refractivity contribution in [3.8, 4) is 5.75 Å². The number of carbonyl (C=O) groups is 1. The topological polar surface area (TPSA) is 80.0 Å². The highest BCUT2D eigenvalue weighted by Crippen LogP contribution is 2.27. The van der Waals surface area contributed by atoms with Crippen molar-refractivity contribution in [2.24, 2.45) is 10.7 Å². The average Bonchev–Trinajstić information content (AvgIpc) is 3.05. The lowest BCUT2D eigenvalue weighted by Crippen LogP contribution is -2.40. The van der Waals surface area contributed by atoms with Gasteiger partial charge in [0.1, 0.15) is 5.75 Å². The lowest BCUT2D eigenvalue weighted by atomic mass is 10.2. The summed E-state index contributed by atoms with van der Waals surface area (Å²) in [5.74, 6) is 0.977. The second-order valence-electron chi connectivity index (χ2n) is 5.83. The van der Waals surface area contributed by atoms with E-state index in [2.05, 4.69) is 33.4 Å². The second-order valence-corrected chi connectivity index (χ2v) is 5.83. The largest absolute Gasteiger partial charge is 0.484 e.